The third-order valence-corrected chi connectivity index (χ3v) is 7.71. The highest BCUT2D eigenvalue weighted by molar-refractivity contribution is 5.91. The standard InChI is InChI=1S/C38H41N3O10/c1-26-10-14-31(40(22-35(42)46-2)23-36(43)47-3)33(20-26)50-18-19-51-34-21-27(11-13-28-16-17-39-30-9-7-6-8-29(28)30)12-15-32(34)41(24-37(44)48-4)25-38(45)49-5/h6-17,20-21H,18-19,22-25H2,1-5H3/b13-11+. The smallest absolute Gasteiger partial charge is 0.325 e. The van der Waals surface area contributed by atoms with Crippen LogP contribution in [0.1, 0.15) is 16.7 Å². The summed E-state index contributed by atoms with van der Waals surface area (Å²) in [4.78, 5) is 56.5. The molecule has 0 aliphatic rings. The summed E-state index contributed by atoms with van der Waals surface area (Å²) < 4.78 is 31.8. The van der Waals surface area contributed by atoms with Crippen LogP contribution in [0.4, 0.5) is 11.4 Å². The van der Waals surface area contributed by atoms with Gasteiger partial charge in [0.05, 0.1) is 45.3 Å². The lowest BCUT2D eigenvalue weighted by Gasteiger charge is -2.26. The Balaban J connectivity index is 1.62. The number of benzene rings is 3. The van der Waals surface area contributed by atoms with Crippen LogP contribution in [0.15, 0.2) is 72.9 Å². The third-order valence-electron chi connectivity index (χ3n) is 7.71. The van der Waals surface area contributed by atoms with Crippen LogP contribution >= 0.6 is 0 Å². The molecule has 0 N–H and O–H groups in total. The summed E-state index contributed by atoms with van der Waals surface area (Å²) in [6.07, 6.45) is 5.65. The first-order chi connectivity index (χ1) is 24.6. The molecule has 268 valence electrons. The SMILES string of the molecule is COC(=O)CN(CC(=O)OC)c1ccc(C)cc1OCCOc1cc(/C=C/c2ccnc3ccccc23)ccc1N(CC(=O)OC)CC(=O)OC. The van der Waals surface area contributed by atoms with Gasteiger partial charge in [-0.05, 0) is 60.0 Å². The zero-order chi connectivity index (χ0) is 36.8. The van der Waals surface area contributed by atoms with Crippen LogP contribution in [0.2, 0.25) is 0 Å². The van der Waals surface area contributed by atoms with Crippen molar-refractivity contribution in [3.63, 3.8) is 0 Å². The fourth-order valence-electron chi connectivity index (χ4n) is 5.10. The van der Waals surface area contributed by atoms with E-state index >= 15 is 0 Å². The van der Waals surface area contributed by atoms with Gasteiger partial charge in [0.1, 0.15) is 50.9 Å². The minimum Gasteiger partial charge on any atom is -0.488 e. The van der Waals surface area contributed by atoms with Gasteiger partial charge in [0.25, 0.3) is 0 Å². The molecule has 4 rings (SSSR count). The van der Waals surface area contributed by atoms with Crippen molar-refractivity contribution in [3.8, 4) is 11.5 Å². The van der Waals surface area contributed by atoms with Crippen LogP contribution < -0.4 is 19.3 Å². The number of methoxy groups -OCH3 is 4. The van der Waals surface area contributed by atoms with Gasteiger partial charge in [0, 0.05) is 11.6 Å². The molecule has 13 nitrogen and oxygen atoms in total. The van der Waals surface area contributed by atoms with Gasteiger partial charge in [0.2, 0.25) is 0 Å². The predicted octanol–water partition coefficient (Wildman–Crippen LogP) is 4.48. The van der Waals surface area contributed by atoms with Crippen molar-refractivity contribution in [1.82, 2.24) is 4.98 Å². The lowest BCUT2D eigenvalue weighted by molar-refractivity contribution is -0.141. The van der Waals surface area contributed by atoms with Crippen molar-refractivity contribution in [2.45, 2.75) is 6.92 Å². The maximum Gasteiger partial charge on any atom is 0.325 e. The second-order valence-electron chi connectivity index (χ2n) is 11.2. The molecule has 0 unspecified atom stereocenters. The Labute approximate surface area is 296 Å². The summed E-state index contributed by atoms with van der Waals surface area (Å²) in [5.41, 5.74) is 4.45. The Bertz CT molecular complexity index is 1830. The van der Waals surface area contributed by atoms with Gasteiger partial charge in [-0.1, -0.05) is 42.5 Å². The molecule has 0 spiro atoms. The van der Waals surface area contributed by atoms with Gasteiger partial charge in [-0.3, -0.25) is 24.2 Å². The van der Waals surface area contributed by atoms with E-state index in [2.05, 4.69) is 4.98 Å². The highest BCUT2D eigenvalue weighted by Gasteiger charge is 2.22. The Morgan fingerprint density at radius 2 is 1.14 bits per heavy atom. The number of nitrogens with zero attached hydrogens (tertiary/aromatic N) is 3. The molecule has 3 aromatic carbocycles. The van der Waals surface area contributed by atoms with Gasteiger partial charge < -0.3 is 38.2 Å². The average molecular weight is 700 g/mol. The molecule has 0 bridgehead atoms. The van der Waals surface area contributed by atoms with Crippen molar-refractivity contribution in [2.75, 3.05) is 77.6 Å². The van der Waals surface area contributed by atoms with Crippen LogP contribution in [0, 0.1) is 6.92 Å². The number of carbonyl (C=O) groups excluding carboxylic acids is 4. The zero-order valence-corrected chi connectivity index (χ0v) is 29.2. The van der Waals surface area contributed by atoms with E-state index in [9.17, 15) is 19.2 Å². The predicted molar refractivity (Wildman–Crippen MR) is 192 cm³/mol. The van der Waals surface area contributed by atoms with Crippen LogP contribution in [0.25, 0.3) is 23.1 Å². The molecule has 0 aliphatic carbocycles. The van der Waals surface area contributed by atoms with E-state index in [0.717, 1.165) is 27.6 Å². The number of para-hydroxylation sites is 1. The fraction of sp³-hybridized carbons (Fsp3) is 0.289. The summed E-state index contributed by atoms with van der Waals surface area (Å²) in [6.45, 7) is 1.08. The van der Waals surface area contributed by atoms with E-state index in [1.54, 1.807) is 30.5 Å². The molecule has 51 heavy (non-hydrogen) atoms. The van der Waals surface area contributed by atoms with Gasteiger partial charge >= 0.3 is 23.9 Å². The van der Waals surface area contributed by atoms with Crippen molar-refractivity contribution >= 4 is 58.3 Å². The first-order valence-corrected chi connectivity index (χ1v) is 15.9. The molecule has 1 aromatic heterocycles. The van der Waals surface area contributed by atoms with Crippen molar-refractivity contribution in [3.05, 3.63) is 89.6 Å². The number of pyridine rings is 1. The number of anilines is 2. The Morgan fingerprint density at radius 3 is 1.69 bits per heavy atom. The van der Waals surface area contributed by atoms with E-state index in [1.165, 1.54) is 38.2 Å². The van der Waals surface area contributed by atoms with E-state index in [0.29, 0.717) is 22.9 Å². The number of aryl methyl sites for hydroxylation is 1. The maximum absolute atomic E-state index is 12.4. The molecule has 4 aromatic rings. The van der Waals surface area contributed by atoms with Crippen LogP contribution in [-0.4, -0.2) is 96.7 Å². The number of hydrogen-bond donors (Lipinski definition) is 0. The van der Waals surface area contributed by atoms with Gasteiger partial charge in [0.15, 0.2) is 0 Å². The quantitative estimate of drug-likeness (QED) is 0.0869. The Hall–Kier alpha value is -6.11. The molecule has 0 aliphatic heterocycles. The number of ether oxygens (including phenoxy) is 6. The number of rotatable bonds is 17. The fourth-order valence-corrected chi connectivity index (χ4v) is 5.10. The van der Waals surface area contributed by atoms with E-state index in [-0.39, 0.29) is 39.4 Å². The molecule has 1 heterocycles. The Kier molecular flexibility index (Phi) is 13.7. The van der Waals surface area contributed by atoms with E-state index in [1.807, 2.05) is 61.5 Å². The van der Waals surface area contributed by atoms with E-state index in [4.69, 9.17) is 28.4 Å². The van der Waals surface area contributed by atoms with Crippen LogP contribution in [0.5, 0.6) is 11.5 Å². The number of carbonyl (C=O) groups is 4. The summed E-state index contributed by atoms with van der Waals surface area (Å²) in [5, 5.41) is 0.996. The summed E-state index contributed by atoms with van der Waals surface area (Å²) in [5.74, 6) is -1.43. The molecular weight excluding hydrogens is 658 g/mol. The first-order valence-electron chi connectivity index (χ1n) is 15.9. The summed E-state index contributed by atoms with van der Waals surface area (Å²) in [6, 6.07) is 20.5. The maximum atomic E-state index is 12.4. The lowest BCUT2D eigenvalue weighted by atomic mass is 10.1. The largest absolute Gasteiger partial charge is 0.488 e. The van der Waals surface area contributed by atoms with Gasteiger partial charge in [-0.15, -0.1) is 0 Å². The van der Waals surface area contributed by atoms with Crippen molar-refractivity contribution in [2.24, 2.45) is 0 Å². The second kappa shape index (κ2) is 18.6. The molecule has 0 fully saturated rings. The molecule has 0 radical (unpaired) electrons. The zero-order valence-electron chi connectivity index (χ0n) is 29.2. The highest BCUT2D eigenvalue weighted by Crippen LogP contribution is 2.32. The second-order valence-corrected chi connectivity index (χ2v) is 11.2. The highest BCUT2D eigenvalue weighted by atomic mass is 16.5. The number of fused-ring (bicyclic) bond motifs is 1. The molecule has 0 atom stereocenters. The molecule has 13 heteroatoms. The molecular formula is C38H41N3O10. The van der Waals surface area contributed by atoms with Gasteiger partial charge in [-0.2, -0.15) is 0 Å². The minimum atomic E-state index is -0.558. The molecule has 0 saturated carbocycles. The average Bonchev–Trinajstić information content (AvgIpc) is 3.14. The Morgan fingerprint density at radius 1 is 0.627 bits per heavy atom. The molecule has 0 amide bonds. The normalized spacial score (nSPS) is 10.8. The number of aromatic nitrogens is 1. The van der Waals surface area contributed by atoms with Crippen molar-refractivity contribution in [1.29, 1.82) is 0 Å². The topological polar surface area (TPSA) is 143 Å². The minimum absolute atomic E-state index is 0.0425. The first kappa shape index (κ1) is 37.7. The monoisotopic (exact) mass is 699 g/mol. The number of hydrogen-bond acceptors (Lipinski definition) is 13. The summed E-state index contributed by atoms with van der Waals surface area (Å²) >= 11 is 0. The van der Waals surface area contributed by atoms with Crippen LogP contribution in [0.3, 0.4) is 0 Å². The van der Waals surface area contributed by atoms with E-state index < -0.39 is 23.9 Å². The lowest BCUT2D eigenvalue weighted by Crippen LogP contribution is -2.36. The molecule has 0 saturated heterocycles. The van der Waals surface area contributed by atoms with Crippen LogP contribution in [-0.2, 0) is 38.1 Å². The van der Waals surface area contributed by atoms with Crippen molar-refractivity contribution < 1.29 is 47.6 Å². The summed E-state index contributed by atoms with van der Waals surface area (Å²) in [7, 11) is 5.06. The van der Waals surface area contributed by atoms with Gasteiger partial charge in [-0.25, -0.2) is 0 Å². The number of esters is 4. The third kappa shape index (κ3) is 10.7.